The van der Waals surface area contributed by atoms with E-state index in [4.69, 9.17) is 10.00 Å². The maximum absolute atomic E-state index is 13.1. The second-order valence-electron chi connectivity index (χ2n) is 7.57. The molecule has 4 heterocycles. The number of aromatic hydroxyl groups is 1. The van der Waals surface area contributed by atoms with Crippen molar-refractivity contribution in [2.75, 3.05) is 0 Å². The third kappa shape index (κ3) is 2.27. The molecule has 1 atom stereocenters. The number of ether oxygens (including phenoxy) is 1. The molecule has 0 aliphatic carbocycles. The molecule has 0 radical (unpaired) electrons. The van der Waals surface area contributed by atoms with Gasteiger partial charge in [0.1, 0.15) is 12.4 Å². The Morgan fingerprint density at radius 1 is 1.33 bits per heavy atom. The van der Waals surface area contributed by atoms with E-state index in [-0.39, 0.29) is 48.4 Å². The fourth-order valence-corrected chi connectivity index (χ4v) is 4.31. The molecule has 30 heavy (non-hydrogen) atoms. The Labute approximate surface area is 170 Å². The zero-order chi connectivity index (χ0) is 21.2. The molecule has 150 valence electrons. The Morgan fingerprint density at radius 3 is 2.87 bits per heavy atom. The van der Waals surface area contributed by atoms with Crippen molar-refractivity contribution in [2.24, 2.45) is 0 Å². The minimum absolute atomic E-state index is 0.00584. The number of pyridine rings is 2. The van der Waals surface area contributed by atoms with Crippen LogP contribution in [-0.2, 0) is 34.7 Å². The zero-order valence-corrected chi connectivity index (χ0v) is 16.1. The standard InChI is InChI=1S/C22H17N3O5/c1-2-22(29)15-8-17-18-12(9-25(17)20(27)14(15)10-30-21(22)28)7-13-16(24-18)4-3-11(5-6-23)19(13)26/h3-4,7-8,26,29H,2,5,9-10H2,1H3. The number of hydrogen-bond donors (Lipinski definition) is 2. The quantitative estimate of drug-likeness (QED) is 0.489. The molecule has 8 nitrogen and oxygen atoms in total. The van der Waals surface area contributed by atoms with E-state index >= 15 is 0 Å². The van der Waals surface area contributed by atoms with E-state index in [9.17, 15) is 19.8 Å². The lowest BCUT2D eigenvalue weighted by atomic mass is 9.86. The smallest absolute Gasteiger partial charge is 0.343 e. The normalized spacial score (nSPS) is 19.0. The van der Waals surface area contributed by atoms with Crippen LogP contribution in [0.1, 0.15) is 35.6 Å². The lowest BCUT2D eigenvalue weighted by Gasteiger charge is -2.31. The lowest BCUT2D eigenvalue weighted by molar-refractivity contribution is -0.172. The Morgan fingerprint density at radius 2 is 2.13 bits per heavy atom. The zero-order valence-electron chi connectivity index (χ0n) is 16.1. The highest BCUT2D eigenvalue weighted by molar-refractivity contribution is 5.90. The van der Waals surface area contributed by atoms with Crippen LogP contribution < -0.4 is 5.56 Å². The molecule has 5 rings (SSSR count). The van der Waals surface area contributed by atoms with Gasteiger partial charge in [0.25, 0.3) is 5.56 Å². The molecule has 0 saturated heterocycles. The summed E-state index contributed by atoms with van der Waals surface area (Å²) in [6, 6.07) is 8.82. The molecule has 2 aromatic heterocycles. The maximum atomic E-state index is 13.1. The van der Waals surface area contributed by atoms with E-state index in [1.807, 2.05) is 6.07 Å². The van der Waals surface area contributed by atoms with Crippen LogP contribution in [0.25, 0.3) is 22.3 Å². The van der Waals surface area contributed by atoms with Crippen LogP contribution in [0.2, 0.25) is 0 Å². The molecule has 3 aromatic rings. The summed E-state index contributed by atoms with van der Waals surface area (Å²) in [5.74, 6) is -0.757. The molecule has 0 amide bonds. The first kappa shape index (κ1) is 18.3. The van der Waals surface area contributed by atoms with Crippen LogP contribution in [0.3, 0.4) is 0 Å². The molecule has 2 N–H and O–H groups in total. The van der Waals surface area contributed by atoms with Gasteiger partial charge < -0.3 is 19.5 Å². The molecular weight excluding hydrogens is 386 g/mol. The SMILES string of the molecule is CCC1(O)C(=O)OCc2c1cc1n(c2=O)Cc2cc3c(O)c(CC#N)ccc3nc2-1. The monoisotopic (exact) mass is 403 g/mol. The van der Waals surface area contributed by atoms with Gasteiger partial charge in [0.15, 0.2) is 5.60 Å². The predicted octanol–water partition coefficient (Wildman–Crippen LogP) is 1.85. The number of hydrogen-bond acceptors (Lipinski definition) is 7. The number of aromatic nitrogens is 2. The van der Waals surface area contributed by atoms with Crippen LogP contribution >= 0.6 is 0 Å². The number of benzene rings is 1. The molecule has 1 aromatic carbocycles. The molecule has 2 aliphatic heterocycles. The van der Waals surface area contributed by atoms with Gasteiger partial charge in [-0.05, 0) is 24.6 Å². The minimum Gasteiger partial charge on any atom is -0.507 e. The molecule has 0 fully saturated rings. The van der Waals surface area contributed by atoms with E-state index < -0.39 is 11.6 Å². The van der Waals surface area contributed by atoms with Crippen LogP contribution in [0.4, 0.5) is 0 Å². The summed E-state index contributed by atoms with van der Waals surface area (Å²) < 4.78 is 6.61. The van der Waals surface area contributed by atoms with Gasteiger partial charge in [-0.15, -0.1) is 0 Å². The van der Waals surface area contributed by atoms with E-state index in [1.165, 1.54) is 4.57 Å². The third-order valence-corrected chi connectivity index (χ3v) is 6.02. The van der Waals surface area contributed by atoms with Crippen molar-refractivity contribution in [3.63, 3.8) is 0 Å². The van der Waals surface area contributed by atoms with E-state index in [0.29, 0.717) is 27.9 Å². The molecule has 1 unspecified atom stereocenters. The Kier molecular flexibility index (Phi) is 3.76. The van der Waals surface area contributed by atoms with Crippen molar-refractivity contribution in [2.45, 2.75) is 38.5 Å². The van der Waals surface area contributed by atoms with Gasteiger partial charge in [-0.25, -0.2) is 9.78 Å². The second-order valence-corrected chi connectivity index (χ2v) is 7.57. The second kappa shape index (κ2) is 6.15. The van der Waals surface area contributed by atoms with Crippen molar-refractivity contribution < 1.29 is 19.7 Å². The van der Waals surface area contributed by atoms with Gasteiger partial charge in [-0.2, -0.15) is 5.26 Å². The lowest BCUT2D eigenvalue weighted by Crippen LogP contribution is -2.44. The fraction of sp³-hybridized carbons (Fsp3) is 0.273. The predicted molar refractivity (Wildman–Crippen MR) is 106 cm³/mol. The Hall–Kier alpha value is -3.70. The van der Waals surface area contributed by atoms with Crippen molar-refractivity contribution in [3.05, 3.63) is 56.9 Å². The number of rotatable bonds is 2. The molecule has 0 bridgehead atoms. The average Bonchev–Trinajstić information content (AvgIpc) is 3.10. The Bertz CT molecular complexity index is 1370. The Balaban J connectivity index is 1.75. The van der Waals surface area contributed by atoms with Crippen molar-refractivity contribution in [1.29, 1.82) is 5.26 Å². The number of phenols is 1. The number of aliphatic hydroxyl groups is 1. The minimum atomic E-state index is -1.87. The average molecular weight is 403 g/mol. The summed E-state index contributed by atoms with van der Waals surface area (Å²) in [5.41, 5.74) is 1.17. The highest BCUT2D eigenvalue weighted by Crippen LogP contribution is 2.39. The van der Waals surface area contributed by atoms with Gasteiger partial charge in [-0.1, -0.05) is 13.0 Å². The van der Waals surface area contributed by atoms with Gasteiger partial charge in [0, 0.05) is 22.1 Å². The first-order valence-corrected chi connectivity index (χ1v) is 9.57. The molecule has 0 spiro atoms. The number of cyclic esters (lactones) is 1. The van der Waals surface area contributed by atoms with E-state index in [2.05, 4.69) is 4.98 Å². The number of carbonyl (C=O) groups is 1. The third-order valence-electron chi connectivity index (χ3n) is 6.02. The number of carbonyl (C=O) groups excluding carboxylic acids is 1. The van der Waals surface area contributed by atoms with Crippen LogP contribution in [0, 0.1) is 11.3 Å². The summed E-state index contributed by atoms with van der Waals surface area (Å²) >= 11 is 0. The number of fused-ring (bicyclic) bond motifs is 5. The fourth-order valence-electron chi connectivity index (χ4n) is 4.31. The van der Waals surface area contributed by atoms with Crippen molar-refractivity contribution >= 4 is 16.9 Å². The number of phenolic OH excluding ortho intramolecular Hbond substituents is 1. The van der Waals surface area contributed by atoms with Crippen LogP contribution in [0.15, 0.2) is 29.1 Å². The van der Waals surface area contributed by atoms with Gasteiger partial charge >= 0.3 is 5.97 Å². The topological polar surface area (TPSA) is 125 Å². The van der Waals surface area contributed by atoms with Gasteiger partial charge in [0.2, 0.25) is 0 Å². The number of nitriles is 1. The van der Waals surface area contributed by atoms with E-state index in [1.54, 1.807) is 31.2 Å². The summed E-state index contributed by atoms with van der Waals surface area (Å²) in [6.45, 7) is 1.72. The molecule has 0 saturated carbocycles. The van der Waals surface area contributed by atoms with Crippen molar-refractivity contribution in [3.8, 4) is 23.2 Å². The summed E-state index contributed by atoms with van der Waals surface area (Å²) in [6.07, 6.45) is 0.157. The largest absolute Gasteiger partial charge is 0.507 e. The van der Waals surface area contributed by atoms with Gasteiger partial charge in [-0.3, -0.25) is 4.79 Å². The summed E-state index contributed by atoms with van der Waals surface area (Å²) in [4.78, 5) is 30.0. The van der Waals surface area contributed by atoms with E-state index in [0.717, 1.165) is 5.56 Å². The maximum Gasteiger partial charge on any atom is 0.343 e. The first-order valence-electron chi connectivity index (χ1n) is 9.57. The molecule has 8 heteroatoms. The highest BCUT2D eigenvalue weighted by atomic mass is 16.6. The van der Waals surface area contributed by atoms with Crippen molar-refractivity contribution in [1.82, 2.24) is 9.55 Å². The first-order chi connectivity index (χ1) is 14.4. The highest BCUT2D eigenvalue weighted by Gasteiger charge is 2.45. The molecular formula is C22H17N3O5. The van der Waals surface area contributed by atoms with Gasteiger partial charge in [0.05, 0.1) is 41.5 Å². The summed E-state index contributed by atoms with van der Waals surface area (Å²) in [5, 5.41) is 30.9. The summed E-state index contributed by atoms with van der Waals surface area (Å²) in [7, 11) is 0. The number of esters is 1. The number of nitrogens with zero attached hydrogens (tertiary/aromatic N) is 3. The van der Waals surface area contributed by atoms with Crippen LogP contribution in [0.5, 0.6) is 5.75 Å². The molecule has 2 aliphatic rings. The van der Waals surface area contributed by atoms with Crippen LogP contribution in [-0.4, -0.2) is 25.7 Å².